The average molecular weight is 297 g/mol. The van der Waals surface area contributed by atoms with E-state index in [1.54, 1.807) is 19.1 Å². The van der Waals surface area contributed by atoms with E-state index in [4.69, 9.17) is 0 Å². The van der Waals surface area contributed by atoms with Gasteiger partial charge in [-0.15, -0.1) is 0 Å². The Morgan fingerprint density at radius 3 is 1.90 bits per heavy atom. The lowest BCUT2D eigenvalue weighted by molar-refractivity contribution is 0.304. The van der Waals surface area contributed by atoms with E-state index < -0.39 is 9.84 Å². The van der Waals surface area contributed by atoms with Crippen LogP contribution in [-0.2, 0) is 9.84 Å². The number of anilines is 1. The number of nitrogens with one attached hydrogen (secondary N) is 1. The van der Waals surface area contributed by atoms with Crippen molar-refractivity contribution in [3.8, 4) is 0 Å². The third-order valence-corrected chi connectivity index (χ3v) is 5.60. The number of rotatable bonds is 7. The van der Waals surface area contributed by atoms with E-state index >= 15 is 0 Å². The van der Waals surface area contributed by atoms with Gasteiger partial charge in [0, 0.05) is 12.2 Å². The normalized spacial score (nSPS) is 12.4. The van der Waals surface area contributed by atoms with Crippen LogP contribution in [0.3, 0.4) is 0 Å². The Labute approximate surface area is 123 Å². The van der Waals surface area contributed by atoms with Gasteiger partial charge in [0.15, 0.2) is 9.84 Å². The topological polar surface area (TPSA) is 46.2 Å². The molecule has 1 aromatic rings. The van der Waals surface area contributed by atoms with E-state index in [1.165, 1.54) is 0 Å². The van der Waals surface area contributed by atoms with Gasteiger partial charge in [0.25, 0.3) is 0 Å². The molecule has 0 atom stereocenters. The molecular formula is C16H27NO2S. The summed E-state index contributed by atoms with van der Waals surface area (Å²) in [6, 6.07) is 7.06. The van der Waals surface area contributed by atoms with Crippen LogP contribution >= 0.6 is 0 Å². The first-order chi connectivity index (χ1) is 9.27. The Morgan fingerprint density at radius 2 is 1.50 bits per heavy atom. The Bertz CT molecular complexity index is 496. The van der Waals surface area contributed by atoms with Gasteiger partial charge in [0.1, 0.15) is 0 Å². The lowest BCUT2D eigenvalue weighted by atomic mass is 9.85. The van der Waals surface area contributed by atoms with Crippen molar-refractivity contribution in [2.75, 3.05) is 17.6 Å². The van der Waals surface area contributed by atoms with Crippen molar-refractivity contribution in [2.45, 2.75) is 39.5 Å². The summed E-state index contributed by atoms with van der Waals surface area (Å²) in [6.45, 7) is 11.5. The Morgan fingerprint density at radius 1 is 1.00 bits per heavy atom. The molecule has 0 amide bonds. The maximum atomic E-state index is 11.7. The fourth-order valence-electron chi connectivity index (χ4n) is 2.42. The molecule has 20 heavy (non-hydrogen) atoms. The summed E-state index contributed by atoms with van der Waals surface area (Å²) < 4.78 is 23.5. The monoisotopic (exact) mass is 297 g/mol. The van der Waals surface area contributed by atoms with E-state index in [2.05, 4.69) is 33.0 Å². The van der Waals surface area contributed by atoms with Gasteiger partial charge in [0.05, 0.1) is 10.6 Å². The maximum absolute atomic E-state index is 11.7. The summed E-state index contributed by atoms with van der Waals surface area (Å²) in [4.78, 5) is 0.398. The number of benzene rings is 1. The zero-order valence-corrected chi connectivity index (χ0v) is 14.0. The lowest BCUT2D eigenvalue weighted by Crippen LogP contribution is -2.24. The van der Waals surface area contributed by atoms with E-state index in [0.717, 1.165) is 12.2 Å². The Kier molecular flexibility index (Phi) is 6.06. The minimum Gasteiger partial charge on any atom is -0.385 e. The quantitative estimate of drug-likeness (QED) is 0.832. The van der Waals surface area contributed by atoms with Gasteiger partial charge in [-0.1, -0.05) is 34.6 Å². The number of sulfone groups is 1. The SMILES string of the molecule is CCS(=O)(=O)c1ccc(NCC(C(C)C)C(C)C)cc1. The molecule has 1 N–H and O–H groups in total. The second-order valence-electron chi connectivity index (χ2n) is 5.96. The van der Waals surface area contributed by atoms with E-state index in [-0.39, 0.29) is 5.75 Å². The molecule has 1 rings (SSSR count). The molecule has 1 aromatic carbocycles. The molecule has 0 saturated carbocycles. The standard InChI is InChI=1S/C16H27NO2S/c1-6-20(18,19)15-9-7-14(8-10-15)17-11-16(12(2)3)13(4)5/h7-10,12-13,16-17H,6,11H2,1-5H3. The van der Waals surface area contributed by atoms with Crippen molar-refractivity contribution in [2.24, 2.45) is 17.8 Å². The molecule has 0 saturated heterocycles. The molecule has 0 aliphatic carbocycles. The molecule has 0 unspecified atom stereocenters. The van der Waals surface area contributed by atoms with Crippen molar-refractivity contribution >= 4 is 15.5 Å². The molecule has 0 aliphatic heterocycles. The highest BCUT2D eigenvalue weighted by molar-refractivity contribution is 7.91. The summed E-state index contributed by atoms with van der Waals surface area (Å²) in [5.74, 6) is 2.00. The van der Waals surface area contributed by atoms with Crippen LogP contribution in [0, 0.1) is 17.8 Å². The zero-order valence-electron chi connectivity index (χ0n) is 13.2. The highest BCUT2D eigenvalue weighted by atomic mass is 32.2. The average Bonchev–Trinajstić information content (AvgIpc) is 2.38. The van der Waals surface area contributed by atoms with Crippen LogP contribution in [0.15, 0.2) is 29.2 Å². The minimum atomic E-state index is -3.10. The first kappa shape index (κ1) is 17.0. The van der Waals surface area contributed by atoms with Crippen LogP contribution < -0.4 is 5.32 Å². The van der Waals surface area contributed by atoms with Crippen LogP contribution in [0.4, 0.5) is 5.69 Å². The predicted octanol–water partition coefficient (Wildman–Crippen LogP) is 3.82. The smallest absolute Gasteiger partial charge is 0.178 e. The molecule has 0 bridgehead atoms. The van der Waals surface area contributed by atoms with Crippen LogP contribution in [0.2, 0.25) is 0 Å². The van der Waals surface area contributed by atoms with Gasteiger partial charge in [0.2, 0.25) is 0 Å². The molecule has 0 radical (unpaired) electrons. The molecular weight excluding hydrogens is 270 g/mol. The second kappa shape index (κ2) is 7.11. The highest BCUT2D eigenvalue weighted by Crippen LogP contribution is 2.22. The highest BCUT2D eigenvalue weighted by Gasteiger charge is 2.17. The molecule has 3 nitrogen and oxygen atoms in total. The van der Waals surface area contributed by atoms with E-state index in [0.29, 0.717) is 22.6 Å². The third-order valence-electron chi connectivity index (χ3n) is 3.85. The van der Waals surface area contributed by atoms with Gasteiger partial charge in [-0.25, -0.2) is 8.42 Å². The number of hydrogen-bond acceptors (Lipinski definition) is 3. The molecule has 0 heterocycles. The maximum Gasteiger partial charge on any atom is 0.178 e. The second-order valence-corrected chi connectivity index (χ2v) is 8.24. The first-order valence-electron chi connectivity index (χ1n) is 7.34. The fraction of sp³-hybridized carbons (Fsp3) is 0.625. The lowest BCUT2D eigenvalue weighted by Gasteiger charge is -2.25. The van der Waals surface area contributed by atoms with Crippen LogP contribution in [0.25, 0.3) is 0 Å². The van der Waals surface area contributed by atoms with Crippen LogP contribution in [0.1, 0.15) is 34.6 Å². The van der Waals surface area contributed by atoms with Crippen LogP contribution in [0.5, 0.6) is 0 Å². The van der Waals surface area contributed by atoms with Crippen molar-refractivity contribution in [1.82, 2.24) is 0 Å². The molecule has 0 aromatic heterocycles. The first-order valence-corrected chi connectivity index (χ1v) is 8.99. The summed E-state index contributed by atoms with van der Waals surface area (Å²) in [5.41, 5.74) is 0.978. The molecule has 0 fully saturated rings. The summed E-state index contributed by atoms with van der Waals surface area (Å²) in [5, 5.41) is 3.41. The van der Waals surface area contributed by atoms with Gasteiger partial charge in [-0.2, -0.15) is 0 Å². The van der Waals surface area contributed by atoms with Gasteiger partial charge >= 0.3 is 0 Å². The molecule has 4 heteroatoms. The van der Waals surface area contributed by atoms with E-state index in [1.807, 2.05) is 12.1 Å². The van der Waals surface area contributed by atoms with Crippen molar-refractivity contribution in [3.63, 3.8) is 0 Å². The van der Waals surface area contributed by atoms with Crippen LogP contribution in [-0.4, -0.2) is 20.7 Å². The number of hydrogen-bond donors (Lipinski definition) is 1. The van der Waals surface area contributed by atoms with E-state index in [9.17, 15) is 8.42 Å². The Balaban J connectivity index is 2.71. The third kappa shape index (κ3) is 4.51. The largest absolute Gasteiger partial charge is 0.385 e. The molecule has 114 valence electrons. The minimum absolute atomic E-state index is 0.141. The summed E-state index contributed by atoms with van der Waals surface area (Å²) in [7, 11) is -3.10. The van der Waals surface area contributed by atoms with Crippen molar-refractivity contribution in [1.29, 1.82) is 0 Å². The summed E-state index contributed by atoms with van der Waals surface area (Å²) in [6.07, 6.45) is 0. The molecule has 0 aliphatic rings. The van der Waals surface area contributed by atoms with Gasteiger partial charge in [-0.05, 0) is 42.0 Å². The molecule has 0 spiro atoms. The summed E-state index contributed by atoms with van der Waals surface area (Å²) >= 11 is 0. The fourth-order valence-corrected chi connectivity index (χ4v) is 3.31. The predicted molar refractivity (Wildman–Crippen MR) is 85.8 cm³/mol. The van der Waals surface area contributed by atoms with Crippen molar-refractivity contribution in [3.05, 3.63) is 24.3 Å². The van der Waals surface area contributed by atoms with Gasteiger partial charge in [-0.3, -0.25) is 0 Å². The van der Waals surface area contributed by atoms with Gasteiger partial charge < -0.3 is 5.32 Å². The zero-order chi connectivity index (χ0) is 15.3. The Hall–Kier alpha value is -1.03. The van der Waals surface area contributed by atoms with Crippen molar-refractivity contribution < 1.29 is 8.42 Å².